The lowest BCUT2D eigenvalue weighted by molar-refractivity contribution is 0.0852. The number of ether oxygens (including phenoxy) is 2. The number of hydrogen-bond donors (Lipinski definition) is 0. The van der Waals surface area contributed by atoms with E-state index in [0.717, 1.165) is 54.7 Å². The van der Waals surface area contributed by atoms with Gasteiger partial charge in [0.25, 0.3) is 0 Å². The smallest absolute Gasteiger partial charge is 0.221 e. The summed E-state index contributed by atoms with van der Waals surface area (Å²) in [6, 6.07) is 8.01. The summed E-state index contributed by atoms with van der Waals surface area (Å²) < 4.78 is 11.1. The Morgan fingerprint density at radius 3 is 2.59 bits per heavy atom. The number of fused-ring (bicyclic) bond motifs is 1. The van der Waals surface area contributed by atoms with Crippen LogP contribution in [-0.2, 0) is 11.2 Å². The van der Waals surface area contributed by atoms with Gasteiger partial charge in [0.2, 0.25) is 5.88 Å². The normalized spacial score (nSPS) is 15.9. The van der Waals surface area contributed by atoms with Crippen molar-refractivity contribution < 1.29 is 14.3 Å². The Morgan fingerprint density at radius 2 is 1.91 bits per heavy atom. The molecule has 0 radical (unpaired) electrons. The van der Waals surface area contributed by atoms with E-state index in [0.29, 0.717) is 24.1 Å². The van der Waals surface area contributed by atoms with E-state index >= 15 is 0 Å². The van der Waals surface area contributed by atoms with Gasteiger partial charge in [-0.1, -0.05) is 38.1 Å². The third-order valence-electron chi connectivity index (χ3n) is 6.12. The first kappa shape index (κ1) is 22.3. The molecule has 2 heterocycles. The number of methoxy groups -OCH3 is 1. The first-order valence-electron chi connectivity index (χ1n) is 11.4. The van der Waals surface area contributed by atoms with Gasteiger partial charge in [-0.3, -0.25) is 4.79 Å². The highest BCUT2D eigenvalue weighted by Crippen LogP contribution is 2.36. The van der Waals surface area contributed by atoms with Crippen LogP contribution in [0.25, 0.3) is 12.2 Å². The molecule has 0 atom stereocenters. The highest BCUT2D eigenvalue weighted by Gasteiger charge is 2.23. The van der Waals surface area contributed by atoms with Crippen LogP contribution in [-0.4, -0.2) is 31.1 Å². The van der Waals surface area contributed by atoms with Crippen molar-refractivity contribution in [1.29, 1.82) is 0 Å². The minimum absolute atomic E-state index is 0.0985. The summed E-state index contributed by atoms with van der Waals surface area (Å²) in [5.41, 5.74) is 9.40. The first-order chi connectivity index (χ1) is 15.5. The number of ketones is 1. The Morgan fingerprint density at radius 1 is 1.16 bits per heavy atom. The van der Waals surface area contributed by atoms with E-state index in [-0.39, 0.29) is 5.78 Å². The van der Waals surface area contributed by atoms with Gasteiger partial charge in [-0.05, 0) is 71.6 Å². The van der Waals surface area contributed by atoms with E-state index in [9.17, 15) is 4.79 Å². The molecule has 0 N–H and O–H groups in total. The third-order valence-corrected chi connectivity index (χ3v) is 6.12. The zero-order valence-corrected chi connectivity index (χ0v) is 19.2. The molecule has 0 saturated carbocycles. The summed E-state index contributed by atoms with van der Waals surface area (Å²) in [5.74, 6) is 1.68. The summed E-state index contributed by atoms with van der Waals surface area (Å²) in [6.07, 6.45) is 11.2. The predicted molar refractivity (Wildman–Crippen MR) is 128 cm³/mol. The first-order valence-corrected chi connectivity index (χ1v) is 11.4. The minimum Gasteiger partial charge on any atom is -0.481 e. The quantitative estimate of drug-likeness (QED) is 0.399. The molecule has 4 heteroatoms. The Kier molecular flexibility index (Phi) is 7.04. The van der Waals surface area contributed by atoms with E-state index in [2.05, 4.69) is 36.7 Å². The lowest BCUT2D eigenvalue weighted by Gasteiger charge is -2.24. The number of aromatic nitrogens is 1. The molecule has 1 aliphatic carbocycles. The van der Waals surface area contributed by atoms with E-state index in [1.165, 1.54) is 11.1 Å². The van der Waals surface area contributed by atoms with Crippen molar-refractivity contribution in [3.05, 3.63) is 75.7 Å². The fourth-order valence-corrected chi connectivity index (χ4v) is 4.48. The van der Waals surface area contributed by atoms with Crippen molar-refractivity contribution in [2.45, 2.75) is 45.4 Å². The van der Waals surface area contributed by atoms with Crippen LogP contribution in [0.2, 0.25) is 0 Å². The van der Waals surface area contributed by atoms with Crippen molar-refractivity contribution in [3.63, 3.8) is 0 Å². The van der Waals surface area contributed by atoms with Gasteiger partial charge in [0.15, 0.2) is 5.78 Å². The van der Waals surface area contributed by atoms with E-state index in [1.807, 2.05) is 36.6 Å². The van der Waals surface area contributed by atoms with E-state index in [1.54, 1.807) is 7.11 Å². The molecular weight excluding hydrogens is 398 g/mol. The standard InChI is InChI=1S/C28H31NO3/c1-19(2)15-20-7-9-23(10-8-20)27(30)17-21-5-4-6-24-25(16-21)28(31-3)29-18-26(24)22-11-13-32-14-12-22/h5-10,16,18-19,22H,11-15,17H2,1-3H3. The van der Waals surface area contributed by atoms with E-state index < -0.39 is 0 Å². The molecule has 4 nitrogen and oxygen atoms in total. The van der Waals surface area contributed by atoms with Crippen molar-refractivity contribution in [2.24, 2.45) is 5.92 Å². The SMILES string of the molecule is COc1ncc(C2CCOCC2)c2c1C=C(CC(=O)c1ccc(CC(C)C)cc1)C=C=C2. The molecule has 32 heavy (non-hydrogen) atoms. The van der Waals surface area contributed by atoms with Gasteiger partial charge in [-0.2, -0.15) is 0 Å². The molecule has 1 fully saturated rings. The number of Topliss-reactive ketones (excluding diaryl/α,β-unsaturated/α-hetero) is 1. The largest absolute Gasteiger partial charge is 0.481 e. The van der Waals surface area contributed by atoms with Crippen LogP contribution in [0.5, 0.6) is 5.88 Å². The Hall–Kier alpha value is -2.94. The number of carbonyl (C=O) groups is 1. The minimum atomic E-state index is 0.0985. The topological polar surface area (TPSA) is 48.4 Å². The van der Waals surface area contributed by atoms with Gasteiger partial charge in [-0.15, -0.1) is 5.73 Å². The highest BCUT2D eigenvalue weighted by atomic mass is 16.5. The average molecular weight is 430 g/mol. The number of pyridine rings is 1. The summed E-state index contributed by atoms with van der Waals surface area (Å²) in [4.78, 5) is 17.6. The zero-order valence-electron chi connectivity index (χ0n) is 19.2. The number of allylic oxidation sites excluding steroid dienone is 2. The summed E-state index contributed by atoms with van der Waals surface area (Å²) in [7, 11) is 1.64. The van der Waals surface area contributed by atoms with E-state index in [4.69, 9.17) is 9.47 Å². The highest BCUT2D eigenvalue weighted by molar-refractivity contribution is 5.98. The molecule has 1 aromatic carbocycles. The lowest BCUT2D eigenvalue weighted by atomic mass is 9.87. The number of nitrogens with zero attached hydrogens (tertiary/aromatic N) is 1. The maximum absolute atomic E-state index is 13.0. The molecule has 1 aromatic heterocycles. The Bertz CT molecular complexity index is 1070. The second-order valence-electron chi connectivity index (χ2n) is 9.01. The maximum atomic E-state index is 13.0. The molecule has 1 saturated heterocycles. The van der Waals surface area contributed by atoms with Gasteiger partial charge in [0, 0.05) is 37.0 Å². The lowest BCUT2D eigenvalue weighted by Crippen LogP contribution is -2.15. The van der Waals surface area contributed by atoms with Crippen LogP contribution in [0, 0.1) is 5.92 Å². The molecule has 166 valence electrons. The summed E-state index contributed by atoms with van der Waals surface area (Å²) in [6.45, 7) is 5.95. The molecule has 0 unspecified atom stereocenters. The average Bonchev–Trinajstić information content (AvgIpc) is 3.01. The van der Waals surface area contributed by atoms with Crippen molar-refractivity contribution in [1.82, 2.24) is 4.98 Å². The van der Waals surface area contributed by atoms with Gasteiger partial charge >= 0.3 is 0 Å². The van der Waals surface area contributed by atoms with Crippen LogP contribution in [0.3, 0.4) is 0 Å². The molecule has 1 aliphatic heterocycles. The van der Waals surface area contributed by atoms with Gasteiger partial charge in [0.1, 0.15) is 0 Å². The summed E-state index contributed by atoms with van der Waals surface area (Å²) in [5, 5.41) is 0. The number of carbonyl (C=O) groups excluding carboxylic acids is 1. The predicted octanol–water partition coefficient (Wildman–Crippen LogP) is 6.02. The molecule has 0 bridgehead atoms. The van der Waals surface area contributed by atoms with Crippen molar-refractivity contribution in [2.75, 3.05) is 20.3 Å². The second-order valence-corrected chi connectivity index (χ2v) is 9.01. The van der Waals surface area contributed by atoms with Crippen LogP contribution in [0.15, 0.2) is 47.8 Å². The van der Waals surface area contributed by atoms with Crippen molar-refractivity contribution in [3.8, 4) is 5.88 Å². The maximum Gasteiger partial charge on any atom is 0.221 e. The molecule has 4 rings (SSSR count). The second kappa shape index (κ2) is 10.1. The van der Waals surface area contributed by atoms with Crippen LogP contribution < -0.4 is 4.74 Å². The van der Waals surface area contributed by atoms with Gasteiger partial charge in [-0.25, -0.2) is 4.98 Å². The molecule has 0 spiro atoms. The van der Waals surface area contributed by atoms with Crippen molar-refractivity contribution >= 4 is 17.9 Å². The molecule has 2 aliphatic rings. The molecule has 2 aromatic rings. The van der Waals surface area contributed by atoms with Crippen LogP contribution in [0.4, 0.5) is 0 Å². The molecule has 0 amide bonds. The number of hydrogen-bond acceptors (Lipinski definition) is 4. The number of rotatable bonds is 7. The van der Waals surface area contributed by atoms with Crippen LogP contribution in [0.1, 0.15) is 71.6 Å². The van der Waals surface area contributed by atoms with Crippen LogP contribution >= 0.6 is 0 Å². The number of benzene rings is 1. The zero-order chi connectivity index (χ0) is 22.5. The monoisotopic (exact) mass is 429 g/mol. The fourth-order valence-electron chi connectivity index (χ4n) is 4.48. The third kappa shape index (κ3) is 5.09. The van der Waals surface area contributed by atoms with Gasteiger partial charge < -0.3 is 9.47 Å². The Labute approximate surface area is 190 Å². The molecular formula is C28H31NO3. The van der Waals surface area contributed by atoms with Gasteiger partial charge in [0.05, 0.1) is 7.11 Å². The summed E-state index contributed by atoms with van der Waals surface area (Å²) >= 11 is 0. The Balaban J connectivity index is 1.60. The fraction of sp³-hybridized carbons (Fsp3) is 0.393.